The molecule has 6 N–H and O–H groups in total. The first kappa shape index (κ1) is 40.2. The highest BCUT2D eigenvalue weighted by Gasteiger charge is 2.48. The van der Waals surface area contributed by atoms with Gasteiger partial charge in [-0.05, 0) is 136 Å². The highest BCUT2D eigenvalue weighted by molar-refractivity contribution is 5.94. The van der Waals surface area contributed by atoms with Crippen LogP contribution in [0.25, 0.3) is 11.1 Å². The van der Waals surface area contributed by atoms with E-state index in [1.54, 1.807) is 18.9 Å². The van der Waals surface area contributed by atoms with E-state index < -0.39 is 18.1 Å². The van der Waals surface area contributed by atoms with Crippen molar-refractivity contribution < 1.29 is 19.2 Å². The van der Waals surface area contributed by atoms with Gasteiger partial charge in [-0.1, -0.05) is 86.0 Å². The molecule has 5 aliphatic rings. The molecule has 2 saturated heterocycles. The molecule has 2 heterocycles. The van der Waals surface area contributed by atoms with Crippen LogP contribution in [0.3, 0.4) is 0 Å². The molecule has 3 aromatic carbocycles. The van der Waals surface area contributed by atoms with Crippen molar-refractivity contribution in [3.63, 3.8) is 0 Å². The lowest BCUT2D eigenvalue weighted by atomic mass is 9.61. The normalized spacial score (nSPS) is 26.9. The molecule has 10 nitrogen and oxygen atoms in total. The lowest BCUT2D eigenvalue weighted by molar-refractivity contribution is -0.143. The van der Waals surface area contributed by atoms with E-state index in [0.717, 1.165) is 101 Å². The number of primary amides is 1. The first-order chi connectivity index (χ1) is 28.2. The van der Waals surface area contributed by atoms with Gasteiger partial charge in [0, 0.05) is 18.0 Å². The van der Waals surface area contributed by atoms with Gasteiger partial charge in [-0.2, -0.15) is 0 Å². The summed E-state index contributed by atoms with van der Waals surface area (Å²) < 4.78 is 0. The molecule has 0 radical (unpaired) electrons. The number of amides is 4. The summed E-state index contributed by atoms with van der Waals surface area (Å²) in [6.45, 7) is 2.32. The SMILES string of the molecule is CN[C@@H](C)C(=O)N[C@H](C(=O)N1CCC[C@H]1C(=O)N[C@@H]1CCCc2c(-c3ccc([C@]4(C5CCC(C(N)=O)N5)CCCc5ccccc54)cc3)cccc21)C1CCCCC1. The van der Waals surface area contributed by atoms with Gasteiger partial charge >= 0.3 is 0 Å². The molecule has 1 saturated carbocycles. The maximum atomic E-state index is 14.3. The molecule has 10 heteroatoms. The Morgan fingerprint density at radius 2 is 1.62 bits per heavy atom. The number of nitrogens with zero attached hydrogens (tertiary/aromatic N) is 1. The van der Waals surface area contributed by atoms with Crippen molar-refractivity contribution in [3.8, 4) is 11.1 Å². The molecule has 0 aromatic heterocycles. The van der Waals surface area contributed by atoms with Gasteiger partial charge in [0.1, 0.15) is 12.1 Å². The van der Waals surface area contributed by atoms with Gasteiger partial charge < -0.3 is 31.9 Å². The third-order valence-electron chi connectivity index (χ3n) is 14.5. The third kappa shape index (κ3) is 7.70. The standard InChI is InChI=1S/C48H62N6O4/c1-30(50-2)45(56)53-43(33-13-4-3-5-14-33)47(58)54-29-11-21-41(54)46(57)52-39-20-9-17-36-35(16-8-18-37(36)39)31-22-24-34(25-23-31)48(42-27-26-40(51-42)44(49)55)28-10-15-32-12-6-7-19-38(32)48/h6-8,12,16,18-19,22-25,30,33,39-43,50-51H,3-5,9-11,13-15,17,20-21,26-29H2,1-2H3,(H2,49,55)(H,52,57)(H,53,56)/t30-,39+,40?,41-,42?,43-,48+/m0/s1. The minimum atomic E-state index is -0.620. The second-order valence-electron chi connectivity index (χ2n) is 17.7. The number of aryl methyl sites for hydroxylation is 1. The van der Waals surface area contributed by atoms with Crippen LogP contribution in [0.2, 0.25) is 0 Å². The maximum Gasteiger partial charge on any atom is 0.246 e. The molecular weight excluding hydrogens is 725 g/mol. The molecule has 0 spiro atoms. The average molecular weight is 787 g/mol. The molecule has 3 aliphatic carbocycles. The van der Waals surface area contributed by atoms with Crippen molar-refractivity contribution in [2.24, 2.45) is 11.7 Å². The fourth-order valence-electron chi connectivity index (χ4n) is 11.3. The van der Waals surface area contributed by atoms with Crippen molar-refractivity contribution in [1.82, 2.24) is 26.2 Å². The maximum absolute atomic E-state index is 14.3. The monoisotopic (exact) mass is 786 g/mol. The van der Waals surface area contributed by atoms with E-state index in [-0.39, 0.29) is 53.1 Å². The molecule has 3 fully saturated rings. The Morgan fingerprint density at radius 3 is 2.38 bits per heavy atom. The van der Waals surface area contributed by atoms with E-state index in [9.17, 15) is 19.2 Å². The van der Waals surface area contributed by atoms with Crippen LogP contribution < -0.4 is 27.0 Å². The lowest BCUT2D eigenvalue weighted by Gasteiger charge is -2.45. The van der Waals surface area contributed by atoms with Crippen LogP contribution in [0, 0.1) is 5.92 Å². The first-order valence-electron chi connectivity index (χ1n) is 22.1. The van der Waals surface area contributed by atoms with Crippen LogP contribution >= 0.6 is 0 Å². The van der Waals surface area contributed by atoms with Crippen LogP contribution in [0.15, 0.2) is 66.7 Å². The van der Waals surface area contributed by atoms with E-state index in [1.807, 2.05) is 0 Å². The van der Waals surface area contributed by atoms with Crippen LogP contribution in [-0.2, 0) is 37.4 Å². The number of carbonyl (C=O) groups excluding carboxylic acids is 4. The summed E-state index contributed by atoms with van der Waals surface area (Å²) in [5, 5.41) is 13.2. The van der Waals surface area contributed by atoms with E-state index in [2.05, 4.69) is 88.0 Å². The largest absolute Gasteiger partial charge is 0.368 e. The Hall–Kier alpha value is -4.54. The van der Waals surface area contributed by atoms with Crippen molar-refractivity contribution in [2.75, 3.05) is 13.6 Å². The summed E-state index contributed by atoms with van der Waals surface area (Å²) in [4.78, 5) is 55.6. The van der Waals surface area contributed by atoms with E-state index in [1.165, 1.54) is 27.8 Å². The summed E-state index contributed by atoms with van der Waals surface area (Å²) in [7, 11) is 1.75. The molecule has 0 bridgehead atoms. The van der Waals surface area contributed by atoms with Crippen molar-refractivity contribution >= 4 is 23.6 Å². The van der Waals surface area contributed by atoms with Crippen LogP contribution in [-0.4, -0.2) is 72.3 Å². The first-order valence-corrected chi connectivity index (χ1v) is 22.1. The van der Waals surface area contributed by atoms with Gasteiger partial charge in [0.2, 0.25) is 23.6 Å². The summed E-state index contributed by atoms with van der Waals surface area (Å²) in [6, 6.07) is 22.4. The highest BCUT2D eigenvalue weighted by Crippen LogP contribution is 2.48. The summed E-state index contributed by atoms with van der Waals surface area (Å²) in [5.74, 6) is -0.607. The Balaban J connectivity index is 1.02. The number of nitrogens with two attached hydrogens (primary N) is 1. The number of benzene rings is 3. The van der Waals surface area contributed by atoms with E-state index in [0.29, 0.717) is 13.0 Å². The summed E-state index contributed by atoms with van der Waals surface area (Å²) >= 11 is 0. The predicted octanol–water partition coefficient (Wildman–Crippen LogP) is 5.74. The van der Waals surface area contributed by atoms with Gasteiger partial charge in [0.15, 0.2) is 0 Å². The van der Waals surface area contributed by atoms with Crippen molar-refractivity contribution in [3.05, 3.63) is 94.5 Å². The summed E-state index contributed by atoms with van der Waals surface area (Å²) in [6.07, 6.45) is 14.0. The highest BCUT2D eigenvalue weighted by atomic mass is 16.2. The molecule has 2 unspecified atom stereocenters. The minimum absolute atomic E-state index is 0.0776. The number of fused-ring (bicyclic) bond motifs is 2. The van der Waals surface area contributed by atoms with E-state index >= 15 is 0 Å². The number of nitrogens with one attached hydrogen (secondary N) is 4. The van der Waals surface area contributed by atoms with Crippen LogP contribution in [0.4, 0.5) is 0 Å². The Kier molecular flexibility index (Phi) is 12.0. The van der Waals surface area contributed by atoms with Crippen LogP contribution in [0.1, 0.15) is 124 Å². The second kappa shape index (κ2) is 17.4. The van der Waals surface area contributed by atoms with Gasteiger partial charge in [0.25, 0.3) is 0 Å². The molecule has 3 aromatic rings. The molecular formula is C48H62N6O4. The third-order valence-corrected chi connectivity index (χ3v) is 14.5. The fraction of sp³-hybridized carbons (Fsp3) is 0.542. The number of hydrogen-bond donors (Lipinski definition) is 5. The van der Waals surface area contributed by atoms with Gasteiger partial charge in [-0.25, -0.2) is 0 Å². The zero-order valence-corrected chi connectivity index (χ0v) is 34.4. The minimum Gasteiger partial charge on any atom is -0.368 e. The van der Waals surface area contributed by atoms with E-state index in [4.69, 9.17) is 5.73 Å². The number of hydrogen-bond acceptors (Lipinski definition) is 6. The average Bonchev–Trinajstić information content (AvgIpc) is 3.97. The number of carbonyl (C=O) groups is 4. The summed E-state index contributed by atoms with van der Waals surface area (Å²) in [5.41, 5.74) is 14.3. The second-order valence-corrected chi connectivity index (χ2v) is 17.7. The molecule has 58 heavy (non-hydrogen) atoms. The Bertz CT molecular complexity index is 1990. The predicted molar refractivity (Wildman–Crippen MR) is 227 cm³/mol. The zero-order valence-electron chi connectivity index (χ0n) is 34.4. The van der Waals surface area contributed by atoms with Gasteiger partial charge in [-0.3, -0.25) is 19.2 Å². The number of rotatable bonds is 11. The lowest BCUT2D eigenvalue weighted by Crippen LogP contribution is -2.58. The Labute approximate surface area is 343 Å². The van der Waals surface area contributed by atoms with Gasteiger partial charge in [0.05, 0.1) is 18.1 Å². The molecule has 8 rings (SSSR count). The molecule has 4 amide bonds. The topological polar surface area (TPSA) is 146 Å². The quantitative estimate of drug-likeness (QED) is 0.168. The number of likely N-dealkylation sites (N-methyl/N-ethyl adjacent to an activating group) is 1. The Morgan fingerprint density at radius 1 is 0.828 bits per heavy atom. The molecule has 308 valence electrons. The molecule has 2 aliphatic heterocycles. The van der Waals surface area contributed by atoms with Crippen molar-refractivity contribution in [2.45, 2.75) is 145 Å². The smallest absolute Gasteiger partial charge is 0.246 e. The zero-order chi connectivity index (χ0) is 40.4. The molecule has 7 atom stereocenters. The van der Waals surface area contributed by atoms with Crippen molar-refractivity contribution in [1.29, 1.82) is 0 Å². The van der Waals surface area contributed by atoms with Crippen LogP contribution in [0.5, 0.6) is 0 Å². The van der Waals surface area contributed by atoms with Gasteiger partial charge in [-0.15, -0.1) is 0 Å². The fourth-order valence-corrected chi connectivity index (χ4v) is 11.3. The number of likely N-dealkylation sites (tertiary alicyclic amines) is 1.